The maximum Gasteiger partial charge on any atom is 0.127 e. The predicted octanol–water partition coefficient (Wildman–Crippen LogP) is 6.01. The second-order valence-electron chi connectivity index (χ2n) is 6.00. The predicted molar refractivity (Wildman–Crippen MR) is 92.1 cm³/mol. The van der Waals surface area contributed by atoms with Crippen LogP contribution in [0.15, 0.2) is 18.2 Å². The summed E-state index contributed by atoms with van der Waals surface area (Å²) in [6, 6.07) is 6.44. The van der Waals surface area contributed by atoms with Crippen LogP contribution in [-0.2, 0) is 6.54 Å². The minimum Gasteiger partial charge on any atom is -0.327 e. The van der Waals surface area contributed by atoms with Crippen molar-refractivity contribution in [3.63, 3.8) is 0 Å². The van der Waals surface area contributed by atoms with E-state index < -0.39 is 0 Å². The van der Waals surface area contributed by atoms with Crippen molar-refractivity contribution >= 4 is 22.6 Å². The van der Waals surface area contributed by atoms with E-state index >= 15 is 0 Å². The van der Waals surface area contributed by atoms with Crippen LogP contribution in [0.4, 0.5) is 0 Å². The highest BCUT2D eigenvalue weighted by molar-refractivity contribution is 6.20. The maximum absolute atomic E-state index is 6.32. The lowest BCUT2D eigenvalue weighted by Gasteiger charge is -2.10. The third kappa shape index (κ3) is 4.23. The summed E-state index contributed by atoms with van der Waals surface area (Å²) in [6.07, 6.45) is 7.86. The van der Waals surface area contributed by atoms with E-state index in [1.165, 1.54) is 49.6 Å². The third-order valence-corrected chi connectivity index (χ3v) is 4.22. The number of hydrogen-bond acceptors (Lipinski definition) is 1. The van der Waals surface area contributed by atoms with Gasteiger partial charge in [0.15, 0.2) is 0 Å². The second kappa shape index (κ2) is 7.84. The number of aromatic nitrogens is 2. The van der Waals surface area contributed by atoms with Gasteiger partial charge in [0.05, 0.1) is 16.4 Å². The zero-order chi connectivity index (χ0) is 15.2. The smallest absolute Gasteiger partial charge is 0.127 e. The molecule has 1 unspecified atom stereocenters. The fourth-order valence-corrected chi connectivity index (χ4v) is 3.01. The van der Waals surface area contributed by atoms with Crippen LogP contribution in [0, 0.1) is 6.92 Å². The summed E-state index contributed by atoms with van der Waals surface area (Å²) < 4.78 is 2.32. The van der Waals surface area contributed by atoms with Gasteiger partial charge in [-0.1, -0.05) is 45.1 Å². The largest absolute Gasteiger partial charge is 0.327 e. The normalized spacial score (nSPS) is 13.0. The minimum absolute atomic E-state index is 0.0437. The Balaban J connectivity index is 2.09. The number of benzene rings is 1. The Labute approximate surface area is 133 Å². The Hall–Kier alpha value is -1.02. The van der Waals surface area contributed by atoms with Crippen LogP contribution in [0.25, 0.3) is 11.0 Å². The van der Waals surface area contributed by atoms with Crippen LogP contribution in [0.2, 0.25) is 0 Å². The first kappa shape index (κ1) is 16.4. The Morgan fingerprint density at radius 3 is 2.57 bits per heavy atom. The van der Waals surface area contributed by atoms with E-state index in [1.807, 2.05) is 6.92 Å². The lowest BCUT2D eigenvalue weighted by atomic mass is 10.1. The summed E-state index contributed by atoms with van der Waals surface area (Å²) in [6.45, 7) is 7.42. The van der Waals surface area contributed by atoms with Crippen molar-refractivity contribution in [2.75, 3.05) is 0 Å². The molecule has 3 heteroatoms. The van der Waals surface area contributed by atoms with Gasteiger partial charge in [-0.05, 0) is 38.0 Å². The molecule has 0 N–H and O–H groups in total. The molecule has 0 aliphatic heterocycles. The molecule has 0 aliphatic rings. The molecular formula is C18H27ClN2. The number of halogens is 1. The summed E-state index contributed by atoms with van der Waals surface area (Å²) in [5.41, 5.74) is 3.57. The molecule has 0 spiro atoms. The molecule has 2 rings (SSSR count). The van der Waals surface area contributed by atoms with E-state index in [9.17, 15) is 0 Å². The van der Waals surface area contributed by atoms with Gasteiger partial charge in [-0.2, -0.15) is 0 Å². The van der Waals surface area contributed by atoms with Crippen molar-refractivity contribution in [3.05, 3.63) is 29.6 Å². The Kier molecular flexibility index (Phi) is 6.10. The standard InChI is InChI=1S/C18H27ClN2/c1-4-5-6-7-8-9-12-21-17-13-14(2)10-11-16(17)20-18(21)15(3)19/h10-11,13,15H,4-9,12H2,1-3H3. The highest BCUT2D eigenvalue weighted by atomic mass is 35.5. The Morgan fingerprint density at radius 1 is 1.14 bits per heavy atom. The van der Waals surface area contributed by atoms with Crippen molar-refractivity contribution < 1.29 is 0 Å². The first-order chi connectivity index (χ1) is 10.1. The Morgan fingerprint density at radius 2 is 1.86 bits per heavy atom. The van der Waals surface area contributed by atoms with E-state index in [1.54, 1.807) is 0 Å². The van der Waals surface area contributed by atoms with Crippen molar-refractivity contribution in [3.8, 4) is 0 Å². The van der Waals surface area contributed by atoms with Crippen LogP contribution in [0.3, 0.4) is 0 Å². The summed E-state index contributed by atoms with van der Waals surface area (Å²) >= 11 is 6.32. The third-order valence-electron chi connectivity index (χ3n) is 4.02. The lowest BCUT2D eigenvalue weighted by Crippen LogP contribution is -2.04. The van der Waals surface area contributed by atoms with Gasteiger partial charge in [-0.25, -0.2) is 4.98 Å². The number of rotatable bonds is 8. The van der Waals surface area contributed by atoms with E-state index in [-0.39, 0.29) is 5.38 Å². The topological polar surface area (TPSA) is 17.8 Å². The fourth-order valence-electron chi connectivity index (χ4n) is 2.84. The molecule has 0 fully saturated rings. The van der Waals surface area contributed by atoms with Crippen LogP contribution in [0.5, 0.6) is 0 Å². The molecular weight excluding hydrogens is 280 g/mol. The molecule has 1 atom stereocenters. The molecule has 1 aromatic heterocycles. The van der Waals surface area contributed by atoms with Gasteiger partial charge in [0.1, 0.15) is 5.82 Å². The van der Waals surface area contributed by atoms with Gasteiger partial charge in [-0.15, -0.1) is 11.6 Å². The molecule has 21 heavy (non-hydrogen) atoms. The minimum atomic E-state index is -0.0437. The van der Waals surface area contributed by atoms with Crippen molar-refractivity contribution in [2.24, 2.45) is 0 Å². The number of aryl methyl sites for hydroxylation is 2. The maximum atomic E-state index is 6.32. The molecule has 0 bridgehead atoms. The molecule has 0 radical (unpaired) electrons. The number of unbranched alkanes of at least 4 members (excludes halogenated alkanes) is 5. The van der Waals surface area contributed by atoms with Gasteiger partial charge < -0.3 is 4.57 Å². The molecule has 0 saturated carbocycles. The van der Waals surface area contributed by atoms with Crippen LogP contribution in [0.1, 0.15) is 69.1 Å². The molecule has 0 saturated heterocycles. The summed E-state index contributed by atoms with van der Waals surface area (Å²) in [7, 11) is 0. The summed E-state index contributed by atoms with van der Waals surface area (Å²) in [5.74, 6) is 1.01. The van der Waals surface area contributed by atoms with Crippen molar-refractivity contribution in [1.82, 2.24) is 9.55 Å². The van der Waals surface area contributed by atoms with Gasteiger partial charge in [0.25, 0.3) is 0 Å². The van der Waals surface area contributed by atoms with Crippen molar-refractivity contribution in [1.29, 1.82) is 0 Å². The fraction of sp³-hybridized carbons (Fsp3) is 0.611. The average molecular weight is 307 g/mol. The molecule has 116 valence electrons. The summed E-state index contributed by atoms with van der Waals surface area (Å²) in [5, 5.41) is -0.0437. The number of alkyl halides is 1. The second-order valence-corrected chi connectivity index (χ2v) is 6.65. The van der Waals surface area contributed by atoms with Crippen LogP contribution < -0.4 is 0 Å². The zero-order valence-electron chi connectivity index (χ0n) is 13.5. The highest BCUT2D eigenvalue weighted by Gasteiger charge is 2.14. The van der Waals surface area contributed by atoms with Crippen LogP contribution >= 0.6 is 11.6 Å². The molecule has 1 heterocycles. The van der Waals surface area contributed by atoms with Gasteiger partial charge in [0.2, 0.25) is 0 Å². The number of imidazole rings is 1. The highest BCUT2D eigenvalue weighted by Crippen LogP contribution is 2.26. The quantitative estimate of drug-likeness (QED) is 0.431. The monoisotopic (exact) mass is 306 g/mol. The first-order valence-corrected chi connectivity index (χ1v) is 8.68. The molecule has 0 amide bonds. The van der Waals surface area contributed by atoms with Crippen LogP contribution in [-0.4, -0.2) is 9.55 Å². The Bertz CT molecular complexity index is 572. The molecule has 2 nitrogen and oxygen atoms in total. The molecule has 0 aliphatic carbocycles. The molecule has 2 aromatic rings. The van der Waals surface area contributed by atoms with Gasteiger partial charge in [0, 0.05) is 6.54 Å². The van der Waals surface area contributed by atoms with E-state index in [4.69, 9.17) is 16.6 Å². The number of nitrogens with zero attached hydrogens (tertiary/aromatic N) is 2. The summed E-state index contributed by atoms with van der Waals surface area (Å²) in [4.78, 5) is 4.71. The zero-order valence-corrected chi connectivity index (χ0v) is 14.3. The SMILES string of the molecule is CCCCCCCCn1c(C(C)Cl)nc2ccc(C)cc21. The van der Waals surface area contributed by atoms with Crippen molar-refractivity contribution in [2.45, 2.75) is 71.2 Å². The van der Waals surface area contributed by atoms with E-state index in [0.29, 0.717) is 0 Å². The lowest BCUT2D eigenvalue weighted by molar-refractivity contribution is 0.553. The number of hydrogen-bond donors (Lipinski definition) is 0. The number of fused-ring (bicyclic) bond motifs is 1. The van der Waals surface area contributed by atoms with Gasteiger partial charge in [-0.3, -0.25) is 0 Å². The van der Waals surface area contributed by atoms with Gasteiger partial charge >= 0.3 is 0 Å². The van der Waals surface area contributed by atoms with E-state index in [2.05, 4.69) is 36.6 Å². The average Bonchev–Trinajstić information content (AvgIpc) is 2.81. The van der Waals surface area contributed by atoms with E-state index in [0.717, 1.165) is 17.9 Å². The first-order valence-electron chi connectivity index (χ1n) is 8.24. The molecule has 1 aromatic carbocycles.